The molecule has 74 valence electrons. The molecule has 8 heteroatoms. The summed E-state index contributed by atoms with van der Waals surface area (Å²) in [5.74, 6) is 0. The summed E-state index contributed by atoms with van der Waals surface area (Å²) in [6.07, 6.45) is 2.34. The second-order valence-corrected chi connectivity index (χ2v) is 4.68. The van der Waals surface area contributed by atoms with E-state index < -0.39 is 21.4 Å². The van der Waals surface area contributed by atoms with E-state index in [0.29, 0.717) is 19.3 Å². The van der Waals surface area contributed by atoms with Crippen LogP contribution in [0, 0.1) is 0 Å². The van der Waals surface area contributed by atoms with Crippen LogP contribution in [0.15, 0.2) is 5.11 Å². The minimum atomic E-state index is -4.31. The maximum Gasteiger partial charge on any atom is 1.00 e. The zero-order chi connectivity index (χ0) is 9.90. The monoisotopic (exact) mass is 227 g/mol. The van der Waals surface area contributed by atoms with Crippen molar-refractivity contribution in [3.05, 3.63) is 10.4 Å². The Hall–Kier alpha value is 0.220. The van der Waals surface area contributed by atoms with E-state index in [-0.39, 0.29) is 29.6 Å². The molecular weight excluding hydrogens is 217 g/mol. The summed E-state index contributed by atoms with van der Waals surface area (Å²) < 4.78 is 32.2. The molecule has 1 rings (SSSR count). The summed E-state index contributed by atoms with van der Waals surface area (Å²) in [5, 5.41) is 2.32. The third kappa shape index (κ3) is 3.76. The Morgan fingerprint density at radius 1 is 1.36 bits per heavy atom. The Bertz CT molecular complexity index is 325. The molecule has 1 saturated carbocycles. The molecule has 0 saturated heterocycles. The van der Waals surface area contributed by atoms with Crippen LogP contribution in [0.2, 0.25) is 0 Å². The molecule has 0 unspecified atom stereocenters. The van der Waals surface area contributed by atoms with Gasteiger partial charge in [0.25, 0.3) is 0 Å². The number of hydrogen-bond donors (Lipinski definition) is 0. The Balaban J connectivity index is 0.00000169. The van der Waals surface area contributed by atoms with Crippen LogP contribution in [0.25, 0.3) is 10.4 Å². The van der Waals surface area contributed by atoms with Gasteiger partial charge in [0.05, 0.1) is 21.4 Å². The second-order valence-electron chi connectivity index (χ2n) is 3.09. The SMILES string of the molecule is [N-]=[N+]=N[C@H]1CCCC[C@@H]1S(=O)(=O)[O-].[Na+]. The number of hydrogen-bond acceptors (Lipinski definition) is 4. The maximum absolute atomic E-state index is 10.7. The van der Waals surface area contributed by atoms with Crippen LogP contribution in [-0.4, -0.2) is 24.3 Å². The molecule has 1 aliphatic rings. The standard InChI is InChI=1S/C6H11N3O3S.Na/c7-9-8-5-3-1-2-4-6(5)13(10,11)12;/h5-6H,1-4H2,(H,10,11,12);/q;+1/p-1/t5-,6-;/m0./s1. The van der Waals surface area contributed by atoms with Crippen LogP contribution in [0.4, 0.5) is 0 Å². The third-order valence-electron chi connectivity index (χ3n) is 2.24. The molecule has 14 heavy (non-hydrogen) atoms. The molecule has 0 heterocycles. The molecule has 1 aliphatic carbocycles. The van der Waals surface area contributed by atoms with Crippen molar-refractivity contribution in [2.45, 2.75) is 37.0 Å². The maximum atomic E-state index is 10.7. The summed E-state index contributed by atoms with van der Waals surface area (Å²) >= 11 is 0. The van der Waals surface area contributed by atoms with Crippen LogP contribution in [0.3, 0.4) is 0 Å². The molecule has 6 nitrogen and oxygen atoms in total. The molecule has 0 aromatic carbocycles. The van der Waals surface area contributed by atoms with Gasteiger partial charge >= 0.3 is 29.6 Å². The second kappa shape index (κ2) is 5.95. The molecule has 0 aromatic rings. The molecule has 0 spiro atoms. The largest absolute Gasteiger partial charge is 1.00 e. The minimum absolute atomic E-state index is 0. The van der Waals surface area contributed by atoms with Crippen molar-refractivity contribution in [2.24, 2.45) is 5.11 Å². The molecule has 0 N–H and O–H groups in total. The summed E-state index contributed by atoms with van der Waals surface area (Å²) in [6.45, 7) is 0. The van der Waals surface area contributed by atoms with Gasteiger partial charge in [-0.2, -0.15) is 0 Å². The number of azide groups is 1. The van der Waals surface area contributed by atoms with Gasteiger partial charge in [-0.15, -0.1) is 0 Å². The van der Waals surface area contributed by atoms with Crippen molar-refractivity contribution in [1.29, 1.82) is 0 Å². The Kier molecular flexibility index (Phi) is 6.04. The fraction of sp³-hybridized carbons (Fsp3) is 1.00. The zero-order valence-electron chi connectivity index (χ0n) is 7.96. The topological polar surface area (TPSA) is 106 Å². The van der Waals surface area contributed by atoms with Gasteiger partial charge in [0.15, 0.2) is 0 Å². The summed E-state index contributed by atoms with van der Waals surface area (Å²) in [7, 11) is -4.31. The van der Waals surface area contributed by atoms with Gasteiger partial charge in [-0.25, -0.2) is 8.42 Å². The van der Waals surface area contributed by atoms with Gasteiger partial charge in [0.2, 0.25) is 0 Å². The summed E-state index contributed by atoms with van der Waals surface area (Å²) in [5.41, 5.74) is 8.16. The van der Waals surface area contributed by atoms with Crippen molar-refractivity contribution >= 4 is 10.1 Å². The van der Waals surface area contributed by atoms with Crippen molar-refractivity contribution in [2.75, 3.05) is 0 Å². The zero-order valence-corrected chi connectivity index (χ0v) is 10.8. The van der Waals surface area contributed by atoms with Crippen LogP contribution in [-0.2, 0) is 10.1 Å². The molecule has 2 atom stereocenters. The van der Waals surface area contributed by atoms with Gasteiger partial charge < -0.3 is 4.55 Å². The predicted molar refractivity (Wildman–Crippen MR) is 44.9 cm³/mol. The van der Waals surface area contributed by atoms with Crippen molar-refractivity contribution in [3.8, 4) is 0 Å². The Labute approximate surface area is 105 Å². The van der Waals surface area contributed by atoms with Crippen LogP contribution >= 0.6 is 0 Å². The van der Waals surface area contributed by atoms with Gasteiger partial charge in [0.1, 0.15) is 0 Å². The van der Waals surface area contributed by atoms with Gasteiger partial charge in [-0.05, 0) is 18.4 Å². The normalized spacial score (nSPS) is 27.2. The molecule has 0 aromatic heterocycles. The quantitative estimate of drug-likeness (QED) is 0.182. The van der Waals surface area contributed by atoms with E-state index in [0.717, 1.165) is 6.42 Å². The fourth-order valence-corrected chi connectivity index (χ4v) is 2.64. The van der Waals surface area contributed by atoms with E-state index in [1.54, 1.807) is 0 Å². The van der Waals surface area contributed by atoms with Crippen molar-refractivity contribution in [1.82, 2.24) is 0 Å². The van der Waals surface area contributed by atoms with E-state index >= 15 is 0 Å². The number of rotatable bonds is 2. The van der Waals surface area contributed by atoms with Crippen molar-refractivity contribution in [3.63, 3.8) is 0 Å². The first kappa shape index (κ1) is 14.2. The van der Waals surface area contributed by atoms with Crippen LogP contribution in [0.1, 0.15) is 25.7 Å². The van der Waals surface area contributed by atoms with Crippen LogP contribution in [0.5, 0.6) is 0 Å². The smallest absolute Gasteiger partial charge is 0.748 e. The van der Waals surface area contributed by atoms with E-state index in [2.05, 4.69) is 10.0 Å². The first-order chi connectivity index (χ1) is 6.05. The minimum Gasteiger partial charge on any atom is -0.748 e. The first-order valence-corrected chi connectivity index (χ1v) is 5.52. The molecular formula is C6H10N3NaO3S. The van der Waals surface area contributed by atoms with Gasteiger partial charge in [0, 0.05) is 4.91 Å². The van der Waals surface area contributed by atoms with Gasteiger partial charge in [-0.1, -0.05) is 18.0 Å². The molecule has 0 radical (unpaired) electrons. The van der Waals surface area contributed by atoms with Crippen molar-refractivity contribution < 1.29 is 42.5 Å². The fourth-order valence-electron chi connectivity index (χ4n) is 1.61. The van der Waals surface area contributed by atoms with E-state index in [4.69, 9.17) is 5.53 Å². The molecule has 0 bridgehead atoms. The van der Waals surface area contributed by atoms with E-state index in [9.17, 15) is 13.0 Å². The van der Waals surface area contributed by atoms with E-state index in [1.807, 2.05) is 0 Å². The Morgan fingerprint density at radius 2 is 1.93 bits per heavy atom. The van der Waals surface area contributed by atoms with Crippen LogP contribution < -0.4 is 29.6 Å². The summed E-state index contributed by atoms with van der Waals surface area (Å²) in [4.78, 5) is 2.54. The Morgan fingerprint density at radius 3 is 2.43 bits per heavy atom. The first-order valence-electron chi connectivity index (χ1n) is 4.04. The molecule has 0 aliphatic heterocycles. The summed E-state index contributed by atoms with van der Waals surface area (Å²) in [6, 6.07) is -0.666. The number of nitrogens with zero attached hydrogens (tertiary/aromatic N) is 3. The molecule has 1 fully saturated rings. The predicted octanol–water partition coefficient (Wildman–Crippen LogP) is -1.84. The van der Waals surface area contributed by atoms with Gasteiger partial charge in [-0.3, -0.25) is 0 Å². The molecule has 0 amide bonds. The van der Waals surface area contributed by atoms with E-state index in [1.165, 1.54) is 0 Å². The average Bonchev–Trinajstić information content (AvgIpc) is 2.04. The third-order valence-corrected chi connectivity index (χ3v) is 3.53. The average molecular weight is 227 g/mol.